The van der Waals surface area contributed by atoms with E-state index in [4.69, 9.17) is 20.9 Å². The molecule has 0 saturated carbocycles. The van der Waals surface area contributed by atoms with Crippen molar-refractivity contribution in [2.75, 3.05) is 24.6 Å². The predicted molar refractivity (Wildman–Crippen MR) is 107 cm³/mol. The van der Waals surface area contributed by atoms with Crippen molar-refractivity contribution in [1.82, 2.24) is 5.16 Å². The smallest absolute Gasteiger partial charge is 0.360 e. The van der Waals surface area contributed by atoms with E-state index < -0.39 is 5.97 Å². The van der Waals surface area contributed by atoms with Gasteiger partial charge in [-0.3, -0.25) is 0 Å². The monoisotopic (exact) mass is 390 g/mol. The summed E-state index contributed by atoms with van der Waals surface area (Å²) in [7, 11) is 0. The lowest BCUT2D eigenvalue weighted by Gasteiger charge is -2.40. The minimum atomic E-state index is -0.432. The Morgan fingerprint density at radius 3 is 2.93 bits per heavy atom. The molecule has 0 saturated heterocycles. The van der Waals surface area contributed by atoms with Gasteiger partial charge in [-0.15, -0.1) is 0 Å². The van der Waals surface area contributed by atoms with Gasteiger partial charge in [0.1, 0.15) is 5.76 Å². The fourth-order valence-corrected chi connectivity index (χ4v) is 3.73. The van der Waals surface area contributed by atoms with Crippen molar-refractivity contribution in [3.05, 3.63) is 46.3 Å². The largest absolute Gasteiger partial charge is 0.461 e. The average molecular weight is 391 g/mol. The number of aromatic nitrogens is 1. The molecule has 0 atom stereocenters. The number of ether oxygens (including phenoxy) is 1. The number of nitrogens with zero attached hydrogens (tertiary/aromatic N) is 2. The van der Waals surface area contributed by atoms with E-state index >= 15 is 0 Å². The van der Waals surface area contributed by atoms with E-state index in [1.807, 2.05) is 6.07 Å². The van der Waals surface area contributed by atoms with Crippen LogP contribution in [0, 0.1) is 0 Å². The Hall–Kier alpha value is -2.01. The summed E-state index contributed by atoms with van der Waals surface area (Å²) in [6.07, 6.45) is 3.89. The maximum absolute atomic E-state index is 11.6. The third-order valence-corrected chi connectivity index (χ3v) is 5.41. The Morgan fingerprint density at radius 2 is 2.15 bits per heavy atom. The number of carbonyl (C=O) groups excluding carboxylic acids is 1. The van der Waals surface area contributed by atoms with E-state index in [2.05, 4.69) is 36.0 Å². The molecular formula is C21H27ClN2O3. The highest BCUT2D eigenvalue weighted by Crippen LogP contribution is 2.40. The zero-order valence-corrected chi connectivity index (χ0v) is 17.0. The van der Waals surface area contributed by atoms with Gasteiger partial charge in [-0.1, -0.05) is 30.6 Å². The Morgan fingerprint density at radius 1 is 1.33 bits per heavy atom. The summed E-state index contributed by atoms with van der Waals surface area (Å²) in [6, 6.07) is 7.90. The highest BCUT2D eigenvalue weighted by Gasteiger charge is 2.31. The number of aryl methyl sites for hydroxylation is 1. The van der Waals surface area contributed by atoms with E-state index in [1.54, 1.807) is 13.0 Å². The number of fused-ring (bicyclic) bond motifs is 1. The van der Waals surface area contributed by atoms with Gasteiger partial charge in [-0.25, -0.2) is 4.79 Å². The van der Waals surface area contributed by atoms with Crippen molar-refractivity contribution in [2.45, 2.75) is 51.9 Å². The van der Waals surface area contributed by atoms with Crippen LogP contribution in [-0.2, 0) is 16.6 Å². The topological polar surface area (TPSA) is 55.6 Å². The molecule has 0 bridgehead atoms. The van der Waals surface area contributed by atoms with Gasteiger partial charge >= 0.3 is 5.97 Å². The maximum Gasteiger partial charge on any atom is 0.360 e. The van der Waals surface area contributed by atoms with Gasteiger partial charge in [0.05, 0.1) is 6.61 Å². The van der Waals surface area contributed by atoms with Gasteiger partial charge in [0.15, 0.2) is 5.69 Å². The number of hydrogen-bond acceptors (Lipinski definition) is 5. The minimum Gasteiger partial charge on any atom is -0.461 e. The fraction of sp³-hybridized carbons (Fsp3) is 0.524. The van der Waals surface area contributed by atoms with Crippen molar-refractivity contribution in [1.29, 1.82) is 0 Å². The molecule has 0 aliphatic carbocycles. The molecule has 146 valence electrons. The zero-order chi connectivity index (χ0) is 19.4. The highest BCUT2D eigenvalue weighted by atomic mass is 35.5. The molecule has 1 aromatic heterocycles. The van der Waals surface area contributed by atoms with Gasteiger partial charge < -0.3 is 14.2 Å². The summed E-state index contributed by atoms with van der Waals surface area (Å²) in [5, 5.41) is 4.58. The summed E-state index contributed by atoms with van der Waals surface area (Å²) in [5.41, 5.74) is 3.02. The number of unbranched alkanes of at least 4 members (excludes halogenated alkanes) is 1. The van der Waals surface area contributed by atoms with E-state index in [0.717, 1.165) is 49.6 Å². The lowest BCUT2D eigenvalue weighted by Crippen LogP contribution is -2.37. The maximum atomic E-state index is 11.6. The van der Waals surface area contributed by atoms with Crippen LogP contribution < -0.4 is 4.90 Å². The molecule has 1 aliphatic heterocycles. The molecule has 6 heteroatoms. The minimum absolute atomic E-state index is 0.153. The van der Waals surface area contributed by atoms with Crippen LogP contribution in [0.15, 0.2) is 28.8 Å². The standard InChI is InChI=1S/C21H27ClN2O3/c1-4-26-20(25)18-14-16(27-23-18)7-5-6-11-24-12-10-21(2,3)17-13-15(22)8-9-19(17)24/h8-9,13-14H,4-7,10-12H2,1-3H3. The summed E-state index contributed by atoms with van der Waals surface area (Å²) in [4.78, 5) is 14.1. The van der Waals surface area contributed by atoms with E-state index in [-0.39, 0.29) is 11.1 Å². The number of esters is 1. The molecule has 27 heavy (non-hydrogen) atoms. The first-order chi connectivity index (χ1) is 12.9. The molecule has 2 heterocycles. The zero-order valence-electron chi connectivity index (χ0n) is 16.3. The van der Waals surface area contributed by atoms with Crippen LogP contribution in [-0.4, -0.2) is 30.8 Å². The molecule has 0 unspecified atom stereocenters. The Bertz CT molecular complexity index is 800. The lowest BCUT2D eigenvalue weighted by molar-refractivity contribution is 0.0514. The summed E-state index contributed by atoms with van der Waals surface area (Å²) < 4.78 is 10.2. The first-order valence-corrected chi connectivity index (χ1v) is 9.96. The molecule has 0 radical (unpaired) electrons. The molecular weight excluding hydrogens is 364 g/mol. The van der Waals surface area contributed by atoms with Gasteiger partial charge in [0, 0.05) is 36.3 Å². The normalized spacial score (nSPS) is 15.5. The van der Waals surface area contributed by atoms with E-state index in [9.17, 15) is 4.79 Å². The van der Waals surface area contributed by atoms with Crippen LogP contribution in [0.5, 0.6) is 0 Å². The number of hydrogen-bond donors (Lipinski definition) is 0. The van der Waals surface area contributed by atoms with E-state index in [0.29, 0.717) is 6.61 Å². The number of rotatable bonds is 7. The molecule has 0 N–H and O–H groups in total. The number of halogens is 1. The summed E-state index contributed by atoms with van der Waals surface area (Å²) in [5.74, 6) is 0.295. The second-order valence-electron chi connectivity index (χ2n) is 7.64. The second-order valence-corrected chi connectivity index (χ2v) is 8.07. The molecule has 0 spiro atoms. The third kappa shape index (κ3) is 4.64. The quantitative estimate of drug-likeness (QED) is 0.491. The fourth-order valence-electron chi connectivity index (χ4n) is 3.56. The average Bonchev–Trinajstić information content (AvgIpc) is 3.10. The van der Waals surface area contributed by atoms with Crippen LogP contribution in [0.25, 0.3) is 0 Å². The number of benzene rings is 1. The third-order valence-electron chi connectivity index (χ3n) is 5.18. The van der Waals surface area contributed by atoms with Gasteiger partial charge in [0.25, 0.3) is 0 Å². The number of anilines is 1. The van der Waals surface area contributed by atoms with Crippen molar-refractivity contribution in [2.24, 2.45) is 0 Å². The van der Waals surface area contributed by atoms with Crippen LogP contribution >= 0.6 is 11.6 Å². The SMILES string of the molecule is CCOC(=O)c1cc(CCCCN2CCC(C)(C)c3cc(Cl)ccc32)on1. The van der Waals surface area contributed by atoms with Crippen LogP contribution in [0.4, 0.5) is 5.69 Å². The molecule has 0 fully saturated rings. The van der Waals surface area contributed by atoms with Crippen LogP contribution in [0.3, 0.4) is 0 Å². The van der Waals surface area contributed by atoms with Gasteiger partial charge in [-0.05, 0) is 55.4 Å². The first-order valence-electron chi connectivity index (χ1n) is 9.58. The summed E-state index contributed by atoms with van der Waals surface area (Å²) in [6.45, 7) is 8.71. The van der Waals surface area contributed by atoms with Crippen molar-refractivity contribution in [3.63, 3.8) is 0 Å². The van der Waals surface area contributed by atoms with Gasteiger partial charge in [-0.2, -0.15) is 0 Å². The van der Waals surface area contributed by atoms with Crippen LogP contribution in [0.2, 0.25) is 5.02 Å². The molecule has 1 aliphatic rings. The van der Waals surface area contributed by atoms with Crippen molar-refractivity contribution in [3.8, 4) is 0 Å². The molecule has 5 nitrogen and oxygen atoms in total. The Kier molecular flexibility index (Phi) is 6.10. The van der Waals surface area contributed by atoms with Crippen molar-refractivity contribution >= 4 is 23.3 Å². The number of carbonyl (C=O) groups is 1. The predicted octanol–water partition coefficient (Wildman–Crippen LogP) is 5.02. The van der Waals surface area contributed by atoms with E-state index in [1.165, 1.54) is 11.3 Å². The first kappa shape index (κ1) is 19.7. The Balaban J connectivity index is 1.54. The molecule has 1 aromatic carbocycles. The second kappa shape index (κ2) is 8.34. The highest BCUT2D eigenvalue weighted by molar-refractivity contribution is 6.30. The van der Waals surface area contributed by atoms with Crippen LogP contribution in [0.1, 0.15) is 61.8 Å². The Labute approximate surface area is 165 Å². The van der Waals surface area contributed by atoms with Crippen molar-refractivity contribution < 1.29 is 14.1 Å². The summed E-state index contributed by atoms with van der Waals surface area (Å²) >= 11 is 6.22. The molecule has 2 aromatic rings. The lowest BCUT2D eigenvalue weighted by atomic mass is 9.77. The molecule has 0 amide bonds. The molecule has 3 rings (SSSR count). The van der Waals surface area contributed by atoms with Gasteiger partial charge in [0.2, 0.25) is 0 Å².